The van der Waals surface area contributed by atoms with Gasteiger partial charge >= 0.3 is 0 Å². The summed E-state index contributed by atoms with van der Waals surface area (Å²) < 4.78 is 38.7. The lowest BCUT2D eigenvalue weighted by molar-refractivity contribution is -0.126. The molecular formula is C34H49N3O6S. The number of methoxy groups -OCH3 is 1. The Balaban J connectivity index is 1.78. The molecule has 0 spiro atoms. The van der Waals surface area contributed by atoms with E-state index in [1.807, 2.05) is 55.5 Å². The van der Waals surface area contributed by atoms with E-state index in [0.717, 1.165) is 39.6 Å². The number of carbonyl (C=O) groups is 1. The zero-order chi connectivity index (χ0) is 32.1. The Morgan fingerprint density at radius 1 is 1.14 bits per heavy atom. The molecule has 0 saturated heterocycles. The Bertz CT molecular complexity index is 1320. The topological polar surface area (TPSA) is 117 Å². The van der Waals surface area contributed by atoms with Crippen molar-refractivity contribution >= 4 is 15.9 Å². The second-order valence-electron chi connectivity index (χ2n) is 11.3. The highest BCUT2D eigenvalue weighted by atomic mass is 32.2. The molecule has 0 saturated carbocycles. The maximum Gasteiger partial charge on any atom is 0.239 e. The predicted molar refractivity (Wildman–Crippen MR) is 175 cm³/mol. The summed E-state index contributed by atoms with van der Waals surface area (Å²) in [6, 6.07) is 13.7. The van der Waals surface area contributed by atoms with E-state index in [2.05, 4.69) is 23.8 Å². The van der Waals surface area contributed by atoms with Crippen molar-refractivity contribution < 1.29 is 27.8 Å². The highest BCUT2D eigenvalue weighted by Crippen LogP contribution is 2.42. The van der Waals surface area contributed by atoms with Crippen LogP contribution in [0.5, 0.6) is 5.75 Å². The number of nitrogens with zero attached hydrogens (tertiary/aromatic N) is 1. The molecule has 0 aromatic heterocycles. The smallest absolute Gasteiger partial charge is 0.239 e. The zero-order valence-electron chi connectivity index (χ0n) is 26.3. The summed E-state index contributed by atoms with van der Waals surface area (Å²) >= 11 is 0. The van der Waals surface area contributed by atoms with Gasteiger partial charge in [-0.3, -0.25) is 4.79 Å². The minimum Gasteiger partial charge on any atom is -0.497 e. The van der Waals surface area contributed by atoms with Crippen LogP contribution in [0.15, 0.2) is 73.8 Å². The number of rotatable bonds is 20. The average molecular weight is 628 g/mol. The molecule has 3 N–H and O–H groups in total. The fourth-order valence-electron chi connectivity index (χ4n) is 5.56. The van der Waals surface area contributed by atoms with Crippen LogP contribution in [0.1, 0.15) is 67.9 Å². The number of ether oxygens (including phenoxy) is 2. The van der Waals surface area contributed by atoms with Crippen LogP contribution in [-0.4, -0.2) is 75.0 Å². The monoisotopic (exact) mass is 627 g/mol. The number of carbonyl (C=O) groups excluding carboxylic acids is 1. The molecule has 3 rings (SSSR count). The number of aliphatic hydroxyl groups excluding tert-OH is 1. The van der Waals surface area contributed by atoms with E-state index in [1.165, 1.54) is 7.05 Å². The fourth-order valence-corrected chi connectivity index (χ4v) is 6.99. The quantitative estimate of drug-likeness (QED) is 0.147. The lowest BCUT2D eigenvalue weighted by atomic mass is 9.99. The third-order valence-corrected chi connectivity index (χ3v) is 10.1. The van der Waals surface area contributed by atoms with Crippen LogP contribution in [0, 0.1) is 0 Å². The van der Waals surface area contributed by atoms with Gasteiger partial charge in [-0.1, -0.05) is 68.3 Å². The number of aliphatic hydroxyl groups is 1. The molecule has 1 aliphatic carbocycles. The minimum atomic E-state index is -3.66. The maximum atomic E-state index is 13.7. The summed E-state index contributed by atoms with van der Waals surface area (Å²) in [5.41, 5.74) is 3.03. The molecule has 0 heterocycles. The second-order valence-corrected chi connectivity index (χ2v) is 13.4. The third kappa shape index (κ3) is 9.74. The van der Waals surface area contributed by atoms with E-state index in [-0.39, 0.29) is 30.9 Å². The molecule has 10 heteroatoms. The first-order valence-corrected chi connectivity index (χ1v) is 17.0. The summed E-state index contributed by atoms with van der Waals surface area (Å²) in [5, 5.41) is 18.0. The maximum absolute atomic E-state index is 13.7. The van der Waals surface area contributed by atoms with Crippen LogP contribution in [0.25, 0.3) is 0 Å². The Hall–Kier alpha value is -3.02. The number of hydrogen-bond acceptors (Lipinski definition) is 7. The molecule has 0 aliphatic heterocycles. The molecule has 1 amide bonds. The van der Waals surface area contributed by atoms with Gasteiger partial charge in [-0.15, -0.1) is 13.2 Å². The number of fused-ring (bicyclic) bond motifs is 1. The van der Waals surface area contributed by atoms with Crippen LogP contribution >= 0.6 is 0 Å². The number of nitrogens with one attached hydrogen (secondary N) is 2. The highest BCUT2D eigenvalue weighted by Gasteiger charge is 2.35. The number of unbranched alkanes of at least 4 members (excludes halogenated alkanes) is 2. The van der Waals surface area contributed by atoms with E-state index in [9.17, 15) is 18.3 Å². The van der Waals surface area contributed by atoms with Gasteiger partial charge in [0.2, 0.25) is 15.9 Å². The van der Waals surface area contributed by atoms with Crippen molar-refractivity contribution in [2.24, 2.45) is 0 Å². The van der Waals surface area contributed by atoms with Crippen molar-refractivity contribution in [3.8, 4) is 5.75 Å². The normalized spacial score (nSPS) is 18.3. The molecule has 0 unspecified atom stereocenters. The van der Waals surface area contributed by atoms with Crippen LogP contribution in [0.4, 0.5) is 0 Å². The first-order valence-electron chi connectivity index (χ1n) is 15.4. The number of benzene rings is 2. The van der Waals surface area contributed by atoms with Crippen LogP contribution in [0.3, 0.4) is 0 Å². The van der Waals surface area contributed by atoms with Crippen molar-refractivity contribution in [2.75, 3.05) is 33.1 Å². The number of hydrogen-bond donors (Lipinski definition) is 3. The van der Waals surface area contributed by atoms with Gasteiger partial charge in [-0.05, 0) is 54.5 Å². The summed E-state index contributed by atoms with van der Waals surface area (Å²) in [7, 11) is -0.596. The Morgan fingerprint density at radius 3 is 2.55 bits per heavy atom. The van der Waals surface area contributed by atoms with Crippen molar-refractivity contribution in [3.63, 3.8) is 0 Å². The Kier molecular flexibility index (Phi) is 14.1. The summed E-state index contributed by atoms with van der Waals surface area (Å²) in [4.78, 5) is 13.7. The van der Waals surface area contributed by atoms with Crippen molar-refractivity contribution in [2.45, 2.75) is 75.8 Å². The van der Waals surface area contributed by atoms with Crippen molar-refractivity contribution in [3.05, 3.63) is 90.5 Å². The van der Waals surface area contributed by atoms with Crippen molar-refractivity contribution in [1.29, 1.82) is 0 Å². The van der Waals surface area contributed by atoms with Gasteiger partial charge in [0.25, 0.3) is 0 Å². The largest absolute Gasteiger partial charge is 0.497 e. The summed E-state index contributed by atoms with van der Waals surface area (Å²) in [6.45, 7) is 10.1. The van der Waals surface area contributed by atoms with Gasteiger partial charge in [-0.25, -0.2) is 8.42 Å². The molecule has 0 fully saturated rings. The molecule has 5 atom stereocenters. The summed E-state index contributed by atoms with van der Waals surface area (Å²) in [5.74, 6) is 0.237. The first-order chi connectivity index (χ1) is 21.1. The molecular weight excluding hydrogens is 578 g/mol. The Morgan fingerprint density at radius 2 is 1.89 bits per heavy atom. The lowest BCUT2D eigenvalue weighted by Crippen LogP contribution is -2.55. The van der Waals surface area contributed by atoms with Gasteiger partial charge in [0.15, 0.2) is 0 Å². The van der Waals surface area contributed by atoms with Crippen LogP contribution < -0.4 is 15.4 Å². The van der Waals surface area contributed by atoms with Gasteiger partial charge in [0.1, 0.15) is 11.8 Å². The minimum absolute atomic E-state index is 0.0244. The fraction of sp³-hybridized carbons (Fsp3) is 0.500. The number of likely N-dealkylation sites (N-methyl/N-ethyl adjacent to an activating group) is 1. The van der Waals surface area contributed by atoms with Gasteiger partial charge in [0.05, 0.1) is 37.7 Å². The van der Waals surface area contributed by atoms with E-state index in [0.29, 0.717) is 25.9 Å². The van der Waals surface area contributed by atoms with Gasteiger partial charge in [-0.2, -0.15) is 4.31 Å². The van der Waals surface area contributed by atoms with Crippen LogP contribution in [0.2, 0.25) is 0 Å². The lowest BCUT2D eigenvalue weighted by Gasteiger charge is -2.31. The van der Waals surface area contributed by atoms with E-state index in [4.69, 9.17) is 9.47 Å². The van der Waals surface area contributed by atoms with Crippen molar-refractivity contribution in [1.82, 2.24) is 14.9 Å². The van der Waals surface area contributed by atoms with Crippen LogP contribution in [-0.2, 0) is 26.0 Å². The molecule has 1 aliphatic rings. The molecule has 2 aromatic carbocycles. The summed E-state index contributed by atoms with van der Waals surface area (Å²) in [6.07, 6.45) is 5.56. The molecule has 0 bridgehead atoms. The standard InChI is InChI=1S/C34H49N3O6S/c1-6-9-13-20-44(40,41)37(4)31(14-7-2)34(39)36-30(21-25-15-11-10-12-16-25)32(38)24-35-29-23-33(43-19-8-3)27-18-17-26(42-5)22-28(27)29/h7-8,10-12,15-18,22,29-33,35,38H,2-3,6,9,13-14,19-21,23-24H2,1,4-5H3,(H,36,39)/t29-,30-,31-,32-,33+/m0/s1. The van der Waals surface area contributed by atoms with Gasteiger partial charge in [0, 0.05) is 19.6 Å². The zero-order valence-corrected chi connectivity index (χ0v) is 27.1. The molecule has 0 radical (unpaired) electrons. The number of sulfonamides is 1. The van der Waals surface area contributed by atoms with E-state index < -0.39 is 34.1 Å². The Labute approximate surface area is 263 Å². The first kappa shape index (κ1) is 35.5. The number of amides is 1. The highest BCUT2D eigenvalue weighted by molar-refractivity contribution is 7.89. The molecule has 242 valence electrons. The average Bonchev–Trinajstić information content (AvgIpc) is 3.37. The molecule has 9 nitrogen and oxygen atoms in total. The van der Waals surface area contributed by atoms with E-state index >= 15 is 0 Å². The third-order valence-electron chi connectivity index (χ3n) is 8.12. The second kappa shape index (κ2) is 17.5. The molecule has 44 heavy (non-hydrogen) atoms. The SMILES string of the molecule is C=CCO[C@@H]1C[C@H](NC[C@H](O)[C@H](Cc2ccccc2)NC(=O)[C@H](CC=C)N(C)S(=O)(=O)CCCCC)c2cc(OC)ccc21. The van der Waals surface area contributed by atoms with Gasteiger partial charge < -0.3 is 25.2 Å². The molecule has 2 aromatic rings. The predicted octanol–water partition coefficient (Wildman–Crippen LogP) is 4.46. The van der Waals surface area contributed by atoms with E-state index in [1.54, 1.807) is 19.3 Å².